The Kier molecular flexibility index (Phi) is 9.91. The summed E-state index contributed by atoms with van der Waals surface area (Å²) in [5, 5.41) is 5.76. The first-order valence-corrected chi connectivity index (χ1v) is 14.9. The molecule has 2 heterocycles. The highest BCUT2D eigenvalue weighted by molar-refractivity contribution is 7.59. The van der Waals surface area contributed by atoms with Gasteiger partial charge in [0, 0.05) is 6.20 Å². The number of nitrogens with two attached hydrogens (primary N) is 1. The zero-order valence-corrected chi connectivity index (χ0v) is 24.0. The fourth-order valence-electron chi connectivity index (χ4n) is 3.82. The van der Waals surface area contributed by atoms with Gasteiger partial charge in [-0.15, -0.1) is 0 Å². The maximum absolute atomic E-state index is 14.1. The fourth-order valence-corrected chi connectivity index (χ4v) is 6.21. The van der Waals surface area contributed by atoms with Gasteiger partial charge in [-0.3, -0.25) is 14.2 Å². The van der Waals surface area contributed by atoms with Gasteiger partial charge in [0.25, 0.3) is 0 Å². The molecule has 2 aromatic heterocycles. The Hall–Kier alpha value is -2.53. The number of ether oxygens (including phenoxy) is 3. The Labute approximate surface area is 223 Å². The summed E-state index contributed by atoms with van der Waals surface area (Å²) in [5.74, 6) is -0.910. The van der Waals surface area contributed by atoms with Crippen LogP contribution in [0.4, 0.5) is 5.69 Å². The van der Waals surface area contributed by atoms with E-state index in [1.807, 2.05) is 20.8 Å². The van der Waals surface area contributed by atoms with Crippen molar-refractivity contribution in [1.29, 1.82) is 0 Å². The molecule has 1 unspecified atom stereocenters. The van der Waals surface area contributed by atoms with Gasteiger partial charge >= 0.3 is 11.9 Å². The maximum atomic E-state index is 14.1. The van der Waals surface area contributed by atoms with Crippen LogP contribution in [0.5, 0.6) is 0 Å². The van der Waals surface area contributed by atoms with Gasteiger partial charge in [-0.25, -0.2) is 20.1 Å². The molecule has 2 aromatic rings. The summed E-state index contributed by atoms with van der Waals surface area (Å²) in [7, 11) is -3.67. The number of imidazole rings is 1. The number of aromatic nitrogens is 3. The van der Waals surface area contributed by atoms with Crippen molar-refractivity contribution in [2.24, 2.45) is 5.92 Å². The predicted molar refractivity (Wildman–Crippen MR) is 144 cm³/mol. The average Bonchev–Trinajstić information content (AvgIpc) is 3.21. The summed E-state index contributed by atoms with van der Waals surface area (Å²) in [6, 6.07) is 0.790. The molecule has 13 heteroatoms. The zero-order valence-electron chi connectivity index (χ0n) is 23.1. The van der Waals surface area contributed by atoms with Crippen molar-refractivity contribution in [3.05, 3.63) is 18.6 Å². The molecule has 4 N–H and O–H groups in total. The van der Waals surface area contributed by atoms with Crippen molar-refractivity contribution >= 4 is 36.2 Å². The van der Waals surface area contributed by atoms with Crippen LogP contribution in [0.15, 0.2) is 18.6 Å². The topological polar surface area (TPSA) is 160 Å². The standard InChI is InChI=1S/C25H41N6O6P/c1-16(2)13-35-24(33)25(5,6)30-38(34,29-18(4)23(32)37-19-8-7-9-19)15-36-17(3)12-31-14-28-21-20(26)10-11-27-22(21)31/h10-11,14,16-19H,7-9,12-13,15H2,1-6H3,(H2,26,27)(H2,29,30,34)/t17-,18-,38?/m1/s1. The molecule has 3 rings (SSSR count). The highest BCUT2D eigenvalue weighted by atomic mass is 31.2. The Morgan fingerprint density at radius 2 is 1.95 bits per heavy atom. The van der Waals surface area contributed by atoms with E-state index in [0.29, 0.717) is 23.4 Å². The van der Waals surface area contributed by atoms with Crippen LogP contribution in [0.2, 0.25) is 0 Å². The molecule has 1 saturated carbocycles. The van der Waals surface area contributed by atoms with Gasteiger partial charge in [-0.2, -0.15) is 0 Å². The summed E-state index contributed by atoms with van der Waals surface area (Å²) in [6.45, 7) is 11.0. The van der Waals surface area contributed by atoms with Crippen LogP contribution in [0.3, 0.4) is 0 Å². The largest absolute Gasteiger partial charge is 0.464 e. The number of rotatable bonds is 14. The van der Waals surface area contributed by atoms with E-state index in [4.69, 9.17) is 19.9 Å². The van der Waals surface area contributed by atoms with Crippen LogP contribution < -0.4 is 15.9 Å². The molecule has 0 radical (unpaired) electrons. The Bertz CT molecular complexity index is 1160. The number of esters is 2. The van der Waals surface area contributed by atoms with E-state index >= 15 is 0 Å². The monoisotopic (exact) mass is 552 g/mol. The van der Waals surface area contributed by atoms with Crippen molar-refractivity contribution in [2.75, 3.05) is 18.7 Å². The summed E-state index contributed by atoms with van der Waals surface area (Å²) in [4.78, 5) is 34.0. The molecule has 0 amide bonds. The van der Waals surface area contributed by atoms with Crippen molar-refractivity contribution in [3.63, 3.8) is 0 Å². The van der Waals surface area contributed by atoms with Crippen molar-refractivity contribution in [3.8, 4) is 0 Å². The molecular weight excluding hydrogens is 511 g/mol. The Balaban J connectivity index is 1.70. The van der Waals surface area contributed by atoms with Crippen LogP contribution >= 0.6 is 7.44 Å². The minimum absolute atomic E-state index is 0.106. The second-order valence-electron chi connectivity index (χ2n) is 10.9. The summed E-state index contributed by atoms with van der Waals surface area (Å²) >= 11 is 0. The molecule has 38 heavy (non-hydrogen) atoms. The van der Waals surface area contributed by atoms with E-state index in [1.54, 1.807) is 43.9 Å². The number of fused-ring (bicyclic) bond motifs is 1. The molecule has 0 saturated heterocycles. The predicted octanol–water partition coefficient (Wildman–Crippen LogP) is 3.21. The first-order chi connectivity index (χ1) is 17.8. The third-order valence-corrected chi connectivity index (χ3v) is 8.38. The third kappa shape index (κ3) is 7.99. The van der Waals surface area contributed by atoms with E-state index < -0.39 is 37.1 Å². The van der Waals surface area contributed by atoms with Crippen molar-refractivity contribution in [2.45, 2.75) is 91.1 Å². The van der Waals surface area contributed by atoms with Gasteiger partial charge < -0.3 is 24.5 Å². The number of hydrogen-bond acceptors (Lipinski definition) is 9. The van der Waals surface area contributed by atoms with E-state index in [2.05, 4.69) is 20.1 Å². The molecule has 1 aliphatic carbocycles. The van der Waals surface area contributed by atoms with Crippen LogP contribution in [-0.2, 0) is 34.9 Å². The van der Waals surface area contributed by atoms with Gasteiger partial charge in [0.2, 0.25) is 7.44 Å². The number of nitrogen functional groups attached to an aromatic ring is 1. The second-order valence-corrected chi connectivity index (χ2v) is 13.1. The smallest absolute Gasteiger partial charge is 0.326 e. The lowest BCUT2D eigenvalue weighted by Crippen LogP contribution is -2.50. The highest BCUT2D eigenvalue weighted by Gasteiger charge is 2.40. The molecule has 12 nitrogen and oxygen atoms in total. The van der Waals surface area contributed by atoms with Gasteiger partial charge in [0.15, 0.2) is 5.65 Å². The van der Waals surface area contributed by atoms with E-state index in [0.717, 1.165) is 19.3 Å². The number of carbonyl (C=O) groups excluding carboxylic acids is 2. The molecular formula is C25H41N6O6P. The molecule has 0 bridgehead atoms. The molecule has 1 fully saturated rings. The fraction of sp³-hybridized carbons (Fsp3) is 0.680. The van der Waals surface area contributed by atoms with Gasteiger partial charge in [-0.05, 0) is 58.9 Å². The lowest BCUT2D eigenvalue weighted by Gasteiger charge is -2.33. The number of pyridine rings is 1. The van der Waals surface area contributed by atoms with Crippen LogP contribution in [-0.4, -0.2) is 63.2 Å². The number of nitrogens with zero attached hydrogens (tertiary/aromatic N) is 3. The van der Waals surface area contributed by atoms with Crippen molar-refractivity contribution in [1.82, 2.24) is 24.7 Å². The molecule has 0 spiro atoms. The quantitative estimate of drug-likeness (QED) is 0.233. The first-order valence-electron chi connectivity index (χ1n) is 13.0. The SMILES string of the molecule is CC(C)COC(=O)C(C)(C)NP(=O)(CO[C@H](C)Cn1cnc2c(N)ccnc21)N[C@H](C)C(=O)OC1CCC1. The van der Waals surface area contributed by atoms with Crippen LogP contribution in [0.1, 0.15) is 60.8 Å². The number of anilines is 1. The number of nitrogens with one attached hydrogen (secondary N) is 2. The first kappa shape index (κ1) is 30.0. The third-order valence-electron chi connectivity index (χ3n) is 6.14. The highest BCUT2D eigenvalue weighted by Crippen LogP contribution is 2.40. The summed E-state index contributed by atoms with van der Waals surface area (Å²) in [6.07, 6.45) is 5.08. The minimum atomic E-state index is -3.67. The van der Waals surface area contributed by atoms with E-state index in [1.165, 1.54) is 0 Å². The number of carbonyl (C=O) groups is 2. The summed E-state index contributed by atoms with van der Waals surface area (Å²) < 4.78 is 32.7. The molecule has 0 aliphatic heterocycles. The molecule has 212 valence electrons. The molecule has 0 aromatic carbocycles. The average molecular weight is 553 g/mol. The molecule has 1 aliphatic rings. The Morgan fingerprint density at radius 3 is 2.58 bits per heavy atom. The van der Waals surface area contributed by atoms with Crippen LogP contribution in [0, 0.1) is 5.92 Å². The van der Waals surface area contributed by atoms with Gasteiger partial charge in [-0.1, -0.05) is 13.8 Å². The minimum Gasteiger partial charge on any atom is -0.464 e. The maximum Gasteiger partial charge on any atom is 0.326 e. The summed E-state index contributed by atoms with van der Waals surface area (Å²) in [5.41, 5.74) is 6.39. The van der Waals surface area contributed by atoms with Gasteiger partial charge in [0.05, 0.1) is 31.3 Å². The second kappa shape index (κ2) is 12.5. The number of hydrogen-bond donors (Lipinski definition) is 3. The molecule has 3 atom stereocenters. The lowest BCUT2D eigenvalue weighted by molar-refractivity contribution is -0.154. The van der Waals surface area contributed by atoms with Crippen molar-refractivity contribution < 1.29 is 28.4 Å². The Morgan fingerprint density at radius 1 is 1.24 bits per heavy atom. The lowest BCUT2D eigenvalue weighted by atomic mass is 9.96. The van der Waals surface area contributed by atoms with E-state index in [-0.39, 0.29) is 25.0 Å². The van der Waals surface area contributed by atoms with Crippen LogP contribution in [0.25, 0.3) is 11.2 Å². The van der Waals surface area contributed by atoms with Gasteiger partial charge in [0.1, 0.15) is 29.5 Å². The van der Waals surface area contributed by atoms with E-state index in [9.17, 15) is 14.2 Å². The zero-order chi connectivity index (χ0) is 28.1. The normalized spacial score (nSPS) is 17.6.